The molecule has 2 aromatic rings. The third-order valence-electron chi connectivity index (χ3n) is 2.67. The van der Waals surface area contributed by atoms with Gasteiger partial charge in [-0.15, -0.1) is 11.6 Å². The lowest BCUT2D eigenvalue weighted by atomic mass is 10.2. The normalized spacial score (nSPS) is 10.9. The third kappa shape index (κ3) is 2.24. The maximum atomic E-state index is 5.79. The molecule has 0 saturated heterocycles. The summed E-state index contributed by atoms with van der Waals surface area (Å²) in [5, 5.41) is 4.47. The van der Waals surface area contributed by atoms with Gasteiger partial charge in [-0.3, -0.25) is 0 Å². The fourth-order valence-electron chi connectivity index (χ4n) is 1.75. The Hall–Kier alpha value is -0.870. The Labute approximate surface area is 114 Å². The highest BCUT2D eigenvalue weighted by Crippen LogP contribution is 2.23. The van der Waals surface area contributed by atoms with Crippen LogP contribution in [-0.2, 0) is 5.88 Å². The number of halogens is 2. The summed E-state index contributed by atoms with van der Waals surface area (Å²) in [5.41, 5.74) is 4.11. The highest BCUT2D eigenvalue weighted by atomic mass is 79.9. The Balaban J connectivity index is 2.57. The summed E-state index contributed by atoms with van der Waals surface area (Å²) in [5.74, 6) is 1.33. The summed E-state index contributed by atoms with van der Waals surface area (Å²) >= 11 is 9.31. The highest BCUT2D eigenvalue weighted by Gasteiger charge is 2.13. The van der Waals surface area contributed by atoms with E-state index in [1.54, 1.807) is 6.20 Å². The zero-order valence-electron chi connectivity index (χ0n) is 9.96. The van der Waals surface area contributed by atoms with Gasteiger partial charge in [0.05, 0.1) is 15.9 Å². The van der Waals surface area contributed by atoms with Crippen molar-refractivity contribution in [3.05, 3.63) is 39.3 Å². The van der Waals surface area contributed by atoms with Crippen LogP contribution in [0, 0.1) is 20.8 Å². The van der Waals surface area contributed by atoms with Crippen LogP contribution in [-0.4, -0.2) is 14.8 Å². The molecule has 0 aliphatic heterocycles. The molecule has 0 saturated carbocycles. The van der Waals surface area contributed by atoms with E-state index >= 15 is 0 Å². The van der Waals surface area contributed by atoms with Crippen molar-refractivity contribution in [3.63, 3.8) is 0 Å². The van der Waals surface area contributed by atoms with E-state index in [1.165, 1.54) is 0 Å². The number of alkyl halides is 1. The van der Waals surface area contributed by atoms with Crippen molar-refractivity contribution in [1.82, 2.24) is 14.8 Å². The van der Waals surface area contributed by atoms with Crippen molar-refractivity contribution in [1.29, 1.82) is 0 Å². The first-order valence-electron chi connectivity index (χ1n) is 5.28. The predicted octanol–water partition coefficient (Wildman–Crippen LogP) is 3.69. The maximum absolute atomic E-state index is 5.79. The molecule has 90 valence electrons. The van der Waals surface area contributed by atoms with E-state index in [0.717, 1.165) is 32.8 Å². The summed E-state index contributed by atoms with van der Waals surface area (Å²) < 4.78 is 2.88. The maximum Gasteiger partial charge on any atom is 0.156 e. The second kappa shape index (κ2) is 4.78. The summed E-state index contributed by atoms with van der Waals surface area (Å²) in [7, 11) is 0. The molecule has 5 heteroatoms. The molecule has 0 radical (unpaired) electrons. The van der Waals surface area contributed by atoms with Gasteiger partial charge in [-0.2, -0.15) is 5.10 Å². The average Bonchev–Trinajstić information content (AvgIpc) is 2.57. The predicted molar refractivity (Wildman–Crippen MR) is 72.8 cm³/mol. The molecule has 2 heterocycles. The summed E-state index contributed by atoms with van der Waals surface area (Å²) in [6.45, 7) is 6.00. The first-order valence-corrected chi connectivity index (χ1v) is 6.61. The third-order valence-corrected chi connectivity index (χ3v) is 4.12. The molecule has 0 N–H and O–H groups in total. The molecular formula is C12H13BrClN3. The lowest BCUT2D eigenvalue weighted by molar-refractivity contribution is 0.797. The minimum absolute atomic E-state index is 0.481. The minimum atomic E-state index is 0.481. The molecule has 0 aliphatic rings. The van der Waals surface area contributed by atoms with Crippen molar-refractivity contribution in [3.8, 4) is 5.82 Å². The van der Waals surface area contributed by atoms with E-state index in [0.29, 0.717) is 5.88 Å². The molecule has 0 fully saturated rings. The Morgan fingerprint density at radius 1 is 1.35 bits per heavy atom. The van der Waals surface area contributed by atoms with Crippen molar-refractivity contribution in [2.75, 3.05) is 0 Å². The monoisotopic (exact) mass is 313 g/mol. The first kappa shape index (κ1) is 12.6. The van der Waals surface area contributed by atoms with Gasteiger partial charge in [-0.05, 0) is 53.9 Å². The van der Waals surface area contributed by atoms with Crippen molar-refractivity contribution in [2.24, 2.45) is 0 Å². The van der Waals surface area contributed by atoms with E-state index in [2.05, 4.69) is 26.0 Å². The van der Waals surface area contributed by atoms with E-state index in [1.807, 2.05) is 31.5 Å². The van der Waals surface area contributed by atoms with Crippen LogP contribution in [0.15, 0.2) is 16.7 Å². The summed E-state index contributed by atoms with van der Waals surface area (Å²) in [6, 6.07) is 2.04. The molecule has 0 amide bonds. The highest BCUT2D eigenvalue weighted by molar-refractivity contribution is 9.10. The molecule has 0 aliphatic carbocycles. The number of pyridine rings is 1. The van der Waals surface area contributed by atoms with E-state index < -0.39 is 0 Å². The largest absolute Gasteiger partial charge is 0.237 e. The van der Waals surface area contributed by atoms with Crippen LogP contribution in [0.2, 0.25) is 0 Å². The van der Waals surface area contributed by atoms with Crippen LogP contribution in [0.25, 0.3) is 5.82 Å². The minimum Gasteiger partial charge on any atom is -0.237 e. The molecule has 0 atom stereocenters. The zero-order valence-corrected chi connectivity index (χ0v) is 12.3. The molecule has 0 aromatic carbocycles. The lowest BCUT2D eigenvalue weighted by Crippen LogP contribution is -2.05. The number of hydrogen-bond acceptors (Lipinski definition) is 2. The molecule has 2 rings (SSSR count). The van der Waals surface area contributed by atoms with Crippen LogP contribution in [0.5, 0.6) is 0 Å². The van der Waals surface area contributed by atoms with E-state index in [4.69, 9.17) is 11.6 Å². The lowest BCUT2D eigenvalue weighted by Gasteiger charge is -2.08. The standard InChI is InChI=1S/C12H13BrClN3/c1-7-4-10(5-14)6-15-12(7)17-9(3)11(13)8(2)16-17/h4,6H,5H2,1-3H3. The van der Waals surface area contributed by atoms with Gasteiger partial charge >= 0.3 is 0 Å². The molecule has 0 unspecified atom stereocenters. The second-order valence-corrected chi connectivity index (χ2v) is 5.07. The Morgan fingerprint density at radius 3 is 2.53 bits per heavy atom. The summed E-state index contributed by atoms with van der Waals surface area (Å²) in [4.78, 5) is 4.43. The van der Waals surface area contributed by atoms with Crippen LogP contribution < -0.4 is 0 Å². The quantitative estimate of drug-likeness (QED) is 0.791. The van der Waals surface area contributed by atoms with Crippen molar-refractivity contribution >= 4 is 27.5 Å². The Kier molecular flexibility index (Phi) is 3.54. The van der Waals surface area contributed by atoms with Gasteiger partial charge in [0.1, 0.15) is 0 Å². The van der Waals surface area contributed by atoms with Crippen LogP contribution in [0.4, 0.5) is 0 Å². The van der Waals surface area contributed by atoms with Gasteiger partial charge in [-0.1, -0.05) is 0 Å². The molecule has 2 aromatic heterocycles. The van der Waals surface area contributed by atoms with Crippen molar-refractivity contribution < 1.29 is 0 Å². The Bertz CT molecular complexity index is 563. The van der Waals surface area contributed by atoms with E-state index in [-0.39, 0.29) is 0 Å². The molecule has 0 bridgehead atoms. The number of aromatic nitrogens is 3. The summed E-state index contributed by atoms with van der Waals surface area (Å²) in [6.07, 6.45) is 1.79. The topological polar surface area (TPSA) is 30.7 Å². The number of rotatable bonds is 2. The Morgan fingerprint density at radius 2 is 2.06 bits per heavy atom. The fraction of sp³-hybridized carbons (Fsp3) is 0.333. The van der Waals surface area contributed by atoms with Gasteiger partial charge in [0, 0.05) is 12.1 Å². The average molecular weight is 315 g/mol. The van der Waals surface area contributed by atoms with Crippen molar-refractivity contribution in [2.45, 2.75) is 26.7 Å². The SMILES string of the molecule is Cc1cc(CCl)cnc1-n1nc(C)c(Br)c1C. The molecule has 0 spiro atoms. The fourth-order valence-corrected chi connectivity index (χ4v) is 2.14. The van der Waals surface area contributed by atoms with Gasteiger partial charge in [-0.25, -0.2) is 9.67 Å². The van der Waals surface area contributed by atoms with Gasteiger partial charge in [0.15, 0.2) is 5.82 Å². The van der Waals surface area contributed by atoms with Gasteiger partial charge in [0.2, 0.25) is 0 Å². The zero-order chi connectivity index (χ0) is 12.6. The van der Waals surface area contributed by atoms with Crippen LogP contribution in [0.1, 0.15) is 22.5 Å². The number of aryl methyl sites for hydroxylation is 2. The van der Waals surface area contributed by atoms with Crippen LogP contribution in [0.3, 0.4) is 0 Å². The number of nitrogens with zero attached hydrogens (tertiary/aromatic N) is 3. The second-order valence-electron chi connectivity index (χ2n) is 4.01. The molecule has 17 heavy (non-hydrogen) atoms. The molecular weight excluding hydrogens is 302 g/mol. The number of hydrogen-bond donors (Lipinski definition) is 0. The first-order chi connectivity index (χ1) is 8.04. The van der Waals surface area contributed by atoms with E-state index in [9.17, 15) is 0 Å². The van der Waals surface area contributed by atoms with Crippen LogP contribution >= 0.6 is 27.5 Å². The smallest absolute Gasteiger partial charge is 0.156 e. The van der Waals surface area contributed by atoms with Gasteiger partial charge < -0.3 is 0 Å². The van der Waals surface area contributed by atoms with Gasteiger partial charge in [0.25, 0.3) is 0 Å². The molecule has 3 nitrogen and oxygen atoms in total.